The molecule has 1 N–H and O–H groups in total. The quantitative estimate of drug-likeness (QED) is 0.855. The Morgan fingerprint density at radius 1 is 1.37 bits per heavy atom. The Morgan fingerprint density at radius 2 is 2.11 bits per heavy atom. The fourth-order valence-electron chi connectivity index (χ4n) is 4.12. The molecule has 4 heteroatoms. The highest BCUT2D eigenvalue weighted by Gasteiger charge is 2.53. The number of aryl methyl sites for hydroxylation is 1. The van der Waals surface area contributed by atoms with Gasteiger partial charge in [0.15, 0.2) is 0 Å². The first kappa shape index (κ1) is 13.1. The zero-order chi connectivity index (χ0) is 13.2. The summed E-state index contributed by atoms with van der Waals surface area (Å²) in [6, 6.07) is 0.591. The summed E-state index contributed by atoms with van der Waals surface area (Å²) in [6.45, 7) is 3.18. The molecule has 2 aliphatic carbocycles. The molecule has 0 aliphatic heterocycles. The van der Waals surface area contributed by atoms with Crippen LogP contribution in [0, 0.1) is 17.8 Å². The van der Waals surface area contributed by atoms with Crippen molar-refractivity contribution < 1.29 is 0 Å². The average molecular weight is 262 g/mol. The van der Waals surface area contributed by atoms with Crippen molar-refractivity contribution in [1.82, 2.24) is 20.1 Å². The van der Waals surface area contributed by atoms with E-state index >= 15 is 0 Å². The third-order valence-corrected chi connectivity index (χ3v) is 5.09. The standard InChI is InChI=1S/C15H26N4/c1-3-8-19-14(17-10-18-19)9-13(16-2)15-11-6-4-5-7-12(11)15/h10-13,15-16H,3-9H2,1-2H3. The van der Waals surface area contributed by atoms with Crippen molar-refractivity contribution in [3.05, 3.63) is 12.2 Å². The van der Waals surface area contributed by atoms with Crippen LogP contribution in [0.5, 0.6) is 0 Å². The molecular weight excluding hydrogens is 236 g/mol. The monoisotopic (exact) mass is 262 g/mol. The van der Waals surface area contributed by atoms with Gasteiger partial charge in [0, 0.05) is 19.0 Å². The molecule has 0 aromatic carbocycles. The van der Waals surface area contributed by atoms with E-state index < -0.39 is 0 Å². The highest BCUT2D eigenvalue weighted by atomic mass is 15.3. The Labute approximate surface area is 116 Å². The number of nitrogens with one attached hydrogen (secondary N) is 1. The fourth-order valence-corrected chi connectivity index (χ4v) is 4.12. The zero-order valence-corrected chi connectivity index (χ0v) is 12.2. The molecule has 4 nitrogen and oxygen atoms in total. The molecule has 1 aromatic rings. The van der Waals surface area contributed by atoms with Crippen LogP contribution in [0.3, 0.4) is 0 Å². The molecule has 0 spiro atoms. The topological polar surface area (TPSA) is 42.7 Å². The van der Waals surface area contributed by atoms with Crippen LogP contribution >= 0.6 is 0 Å². The van der Waals surface area contributed by atoms with E-state index in [1.807, 2.05) is 0 Å². The second-order valence-electron chi connectivity index (χ2n) is 6.19. The van der Waals surface area contributed by atoms with Crippen molar-refractivity contribution in [2.45, 2.75) is 58.0 Å². The third kappa shape index (κ3) is 2.55. The molecule has 3 unspecified atom stereocenters. The second-order valence-corrected chi connectivity index (χ2v) is 6.19. The van der Waals surface area contributed by atoms with Crippen molar-refractivity contribution in [1.29, 1.82) is 0 Å². The molecule has 2 saturated carbocycles. The number of aromatic nitrogens is 3. The van der Waals surface area contributed by atoms with Gasteiger partial charge >= 0.3 is 0 Å². The summed E-state index contributed by atoms with van der Waals surface area (Å²) in [4.78, 5) is 4.46. The fraction of sp³-hybridized carbons (Fsp3) is 0.867. The van der Waals surface area contributed by atoms with Crippen LogP contribution < -0.4 is 5.32 Å². The van der Waals surface area contributed by atoms with E-state index in [1.165, 1.54) is 25.7 Å². The summed E-state index contributed by atoms with van der Waals surface area (Å²) in [5.41, 5.74) is 0. The lowest BCUT2D eigenvalue weighted by Gasteiger charge is -2.16. The Kier molecular flexibility index (Phi) is 3.87. The van der Waals surface area contributed by atoms with Gasteiger partial charge in [-0.05, 0) is 44.1 Å². The lowest BCUT2D eigenvalue weighted by molar-refractivity contribution is 0.436. The number of nitrogens with zero attached hydrogens (tertiary/aromatic N) is 3. The Bertz CT molecular complexity index is 402. The van der Waals surface area contributed by atoms with E-state index in [0.717, 1.165) is 43.0 Å². The third-order valence-electron chi connectivity index (χ3n) is 5.09. The van der Waals surface area contributed by atoms with Crippen LogP contribution in [0.4, 0.5) is 0 Å². The first-order valence-corrected chi connectivity index (χ1v) is 7.89. The summed E-state index contributed by atoms with van der Waals surface area (Å²) < 4.78 is 2.08. The minimum atomic E-state index is 0.591. The van der Waals surface area contributed by atoms with Crippen LogP contribution in [0.15, 0.2) is 6.33 Å². The molecule has 2 fully saturated rings. The maximum Gasteiger partial charge on any atom is 0.138 e. The maximum atomic E-state index is 4.46. The maximum absolute atomic E-state index is 4.46. The second kappa shape index (κ2) is 5.61. The molecule has 0 amide bonds. The average Bonchev–Trinajstić information content (AvgIpc) is 3.00. The molecule has 106 valence electrons. The largest absolute Gasteiger partial charge is 0.316 e. The summed E-state index contributed by atoms with van der Waals surface area (Å²) in [5.74, 6) is 4.03. The number of hydrogen-bond acceptors (Lipinski definition) is 3. The molecule has 0 saturated heterocycles. The summed E-state index contributed by atoms with van der Waals surface area (Å²) in [5, 5.41) is 7.89. The van der Waals surface area contributed by atoms with E-state index in [-0.39, 0.29) is 0 Å². The van der Waals surface area contributed by atoms with Crippen molar-refractivity contribution >= 4 is 0 Å². The van der Waals surface area contributed by atoms with Crippen LogP contribution in [-0.4, -0.2) is 27.9 Å². The van der Waals surface area contributed by atoms with Crippen molar-refractivity contribution in [2.75, 3.05) is 7.05 Å². The lowest BCUT2D eigenvalue weighted by atomic mass is 10.0. The normalized spacial score (nSPS) is 30.9. The van der Waals surface area contributed by atoms with Gasteiger partial charge in [-0.15, -0.1) is 0 Å². The molecule has 1 aromatic heterocycles. The smallest absolute Gasteiger partial charge is 0.138 e. The van der Waals surface area contributed by atoms with Gasteiger partial charge in [0.1, 0.15) is 12.2 Å². The Morgan fingerprint density at radius 3 is 2.74 bits per heavy atom. The molecule has 0 bridgehead atoms. The predicted molar refractivity (Wildman–Crippen MR) is 75.8 cm³/mol. The summed E-state index contributed by atoms with van der Waals surface area (Å²) in [7, 11) is 2.11. The van der Waals surface area contributed by atoms with Gasteiger partial charge in [-0.2, -0.15) is 5.10 Å². The summed E-state index contributed by atoms with van der Waals surface area (Å²) in [6.07, 6.45) is 9.66. The zero-order valence-electron chi connectivity index (χ0n) is 12.2. The molecule has 3 rings (SSSR count). The van der Waals surface area contributed by atoms with Crippen LogP contribution in [0.1, 0.15) is 44.9 Å². The minimum Gasteiger partial charge on any atom is -0.316 e. The lowest BCUT2D eigenvalue weighted by Crippen LogP contribution is -2.32. The minimum absolute atomic E-state index is 0.591. The number of hydrogen-bond donors (Lipinski definition) is 1. The molecule has 3 atom stereocenters. The van der Waals surface area contributed by atoms with Crippen LogP contribution in [0.2, 0.25) is 0 Å². The highest BCUT2D eigenvalue weighted by molar-refractivity contribution is 5.07. The van der Waals surface area contributed by atoms with Gasteiger partial charge in [-0.3, -0.25) is 4.68 Å². The van der Waals surface area contributed by atoms with Gasteiger partial charge in [-0.1, -0.05) is 19.8 Å². The van der Waals surface area contributed by atoms with Gasteiger partial charge in [0.25, 0.3) is 0 Å². The van der Waals surface area contributed by atoms with E-state index in [4.69, 9.17) is 0 Å². The molecular formula is C15H26N4. The van der Waals surface area contributed by atoms with E-state index in [9.17, 15) is 0 Å². The van der Waals surface area contributed by atoms with Crippen molar-refractivity contribution in [3.8, 4) is 0 Å². The molecule has 0 radical (unpaired) electrons. The SMILES string of the molecule is CCCn1ncnc1CC(NC)C1C2CCCCC21. The summed E-state index contributed by atoms with van der Waals surface area (Å²) >= 11 is 0. The molecule has 19 heavy (non-hydrogen) atoms. The Hall–Kier alpha value is -0.900. The first-order valence-electron chi connectivity index (χ1n) is 7.89. The van der Waals surface area contributed by atoms with Crippen molar-refractivity contribution in [2.24, 2.45) is 17.8 Å². The van der Waals surface area contributed by atoms with Gasteiger partial charge in [-0.25, -0.2) is 4.98 Å². The number of likely N-dealkylation sites (N-methyl/N-ethyl adjacent to an activating group) is 1. The number of rotatable bonds is 6. The first-order chi connectivity index (χ1) is 9.35. The van der Waals surface area contributed by atoms with Crippen molar-refractivity contribution in [3.63, 3.8) is 0 Å². The molecule has 2 aliphatic rings. The van der Waals surface area contributed by atoms with Gasteiger partial charge in [0.2, 0.25) is 0 Å². The highest BCUT2D eigenvalue weighted by Crippen LogP contribution is 2.57. The molecule has 1 heterocycles. The van der Waals surface area contributed by atoms with E-state index in [0.29, 0.717) is 6.04 Å². The predicted octanol–water partition coefficient (Wildman–Crippen LogP) is 2.25. The van der Waals surface area contributed by atoms with E-state index in [2.05, 4.69) is 34.1 Å². The van der Waals surface area contributed by atoms with Gasteiger partial charge < -0.3 is 5.32 Å². The van der Waals surface area contributed by atoms with Crippen LogP contribution in [0.25, 0.3) is 0 Å². The van der Waals surface area contributed by atoms with E-state index in [1.54, 1.807) is 6.33 Å². The van der Waals surface area contributed by atoms with Gasteiger partial charge in [0.05, 0.1) is 0 Å². The van der Waals surface area contributed by atoms with Crippen LogP contribution in [-0.2, 0) is 13.0 Å². The number of fused-ring (bicyclic) bond motifs is 1. The Balaban J connectivity index is 1.65.